The van der Waals surface area contributed by atoms with Gasteiger partial charge in [-0.3, -0.25) is 4.90 Å². The molecule has 30 heavy (non-hydrogen) atoms. The summed E-state index contributed by atoms with van der Waals surface area (Å²) in [5.41, 5.74) is -0.00425. The number of hydrogen-bond acceptors (Lipinski definition) is 5. The number of nitrogens with zero attached hydrogens (tertiary/aromatic N) is 4. The number of aldehydes is 1. The number of carbonyl (C=O) groups excluding carboxylic acids is 1. The molecule has 0 spiro atoms. The van der Waals surface area contributed by atoms with Gasteiger partial charge in [-0.15, -0.1) is 0 Å². The molecule has 1 aliphatic rings. The highest BCUT2D eigenvalue weighted by Crippen LogP contribution is 2.39. The SMILES string of the molecule is O=CCN1CCN(c2nc(-c3ccccc3Cl)nc3cccc(C(F)(F)F)c23)CC1. The van der Waals surface area contributed by atoms with Gasteiger partial charge >= 0.3 is 6.18 Å². The lowest BCUT2D eigenvalue weighted by atomic mass is 10.1. The molecule has 0 unspecified atom stereocenters. The molecule has 0 saturated carbocycles. The summed E-state index contributed by atoms with van der Waals surface area (Å²) < 4.78 is 41.3. The van der Waals surface area contributed by atoms with Gasteiger partial charge in [0, 0.05) is 31.7 Å². The standard InChI is InChI=1S/C21H18ClF3N4O/c22-16-6-2-1-4-14(16)19-26-17-7-3-5-15(21(23,24)25)18(17)20(27-19)29-10-8-28(9-11-29)12-13-30/h1-7,13H,8-12H2. The van der Waals surface area contributed by atoms with Crippen molar-refractivity contribution < 1.29 is 18.0 Å². The molecule has 3 aromatic rings. The molecule has 1 aromatic heterocycles. The number of carbonyl (C=O) groups is 1. The number of fused-ring (bicyclic) bond motifs is 1. The number of piperazine rings is 1. The van der Waals surface area contributed by atoms with E-state index in [4.69, 9.17) is 11.6 Å². The molecule has 0 amide bonds. The maximum absolute atomic E-state index is 13.8. The fourth-order valence-corrected chi connectivity index (χ4v) is 3.86. The number of alkyl halides is 3. The molecule has 0 atom stereocenters. The van der Waals surface area contributed by atoms with Crippen LogP contribution in [0.3, 0.4) is 0 Å². The summed E-state index contributed by atoms with van der Waals surface area (Å²) in [7, 11) is 0. The third-order valence-corrected chi connectivity index (χ3v) is 5.46. The van der Waals surface area contributed by atoms with Crippen molar-refractivity contribution in [2.45, 2.75) is 6.18 Å². The molecule has 0 aliphatic carbocycles. The highest BCUT2D eigenvalue weighted by atomic mass is 35.5. The first kappa shape index (κ1) is 20.6. The van der Waals surface area contributed by atoms with Crippen molar-refractivity contribution in [1.82, 2.24) is 14.9 Å². The van der Waals surface area contributed by atoms with Crippen LogP contribution < -0.4 is 4.90 Å². The van der Waals surface area contributed by atoms with Gasteiger partial charge in [0.05, 0.1) is 28.0 Å². The predicted octanol–water partition coefficient (Wildman–Crippen LogP) is 4.29. The van der Waals surface area contributed by atoms with Crippen molar-refractivity contribution in [3.63, 3.8) is 0 Å². The molecule has 0 radical (unpaired) electrons. The van der Waals surface area contributed by atoms with Crippen LogP contribution in [0.2, 0.25) is 5.02 Å². The quantitative estimate of drug-likeness (QED) is 0.573. The van der Waals surface area contributed by atoms with Gasteiger partial charge in [0.25, 0.3) is 0 Å². The smallest absolute Gasteiger partial charge is 0.353 e. The van der Waals surface area contributed by atoms with Gasteiger partial charge in [-0.25, -0.2) is 9.97 Å². The zero-order chi connectivity index (χ0) is 21.3. The minimum absolute atomic E-state index is 0.0235. The Morgan fingerprint density at radius 1 is 1.00 bits per heavy atom. The third kappa shape index (κ3) is 3.97. The Kier molecular flexibility index (Phi) is 5.62. The summed E-state index contributed by atoms with van der Waals surface area (Å²) in [6, 6.07) is 10.9. The number of hydrogen-bond donors (Lipinski definition) is 0. The van der Waals surface area contributed by atoms with Crippen LogP contribution in [0.1, 0.15) is 5.56 Å². The van der Waals surface area contributed by atoms with E-state index in [2.05, 4.69) is 9.97 Å². The minimum atomic E-state index is -4.54. The topological polar surface area (TPSA) is 49.3 Å². The van der Waals surface area contributed by atoms with Crippen molar-refractivity contribution >= 4 is 34.6 Å². The fraction of sp³-hybridized carbons (Fsp3) is 0.286. The van der Waals surface area contributed by atoms with E-state index >= 15 is 0 Å². The lowest BCUT2D eigenvalue weighted by Crippen LogP contribution is -2.47. The molecule has 2 aromatic carbocycles. The molecule has 4 rings (SSSR count). The molecular weight excluding hydrogens is 417 g/mol. The number of anilines is 1. The molecule has 5 nitrogen and oxygen atoms in total. The average Bonchev–Trinajstić information content (AvgIpc) is 2.73. The molecule has 2 heterocycles. The van der Waals surface area contributed by atoms with Crippen molar-refractivity contribution in [3.8, 4) is 11.4 Å². The largest absolute Gasteiger partial charge is 0.417 e. The number of aromatic nitrogens is 2. The van der Waals surface area contributed by atoms with Crippen LogP contribution in [0.4, 0.5) is 19.0 Å². The van der Waals surface area contributed by atoms with E-state index < -0.39 is 11.7 Å². The molecule has 0 N–H and O–H groups in total. The first-order valence-electron chi connectivity index (χ1n) is 9.42. The Labute approximate surface area is 176 Å². The molecule has 1 aliphatic heterocycles. The second kappa shape index (κ2) is 8.20. The van der Waals surface area contributed by atoms with Crippen LogP contribution in [0, 0.1) is 0 Å². The fourth-order valence-electron chi connectivity index (χ4n) is 3.64. The number of benzene rings is 2. The Balaban J connectivity index is 1.89. The Hall–Kier alpha value is -2.71. The molecule has 156 valence electrons. The summed E-state index contributed by atoms with van der Waals surface area (Å²) in [4.78, 5) is 23.5. The van der Waals surface area contributed by atoms with Gasteiger partial charge < -0.3 is 9.69 Å². The number of halogens is 4. The van der Waals surface area contributed by atoms with E-state index in [1.807, 2.05) is 9.80 Å². The molecule has 1 saturated heterocycles. The third-order valence-electron chi connectivity index (χ3n) is 5.13. The zero-order valence-corrected chi connectivity index (χ0v) is 16.6. The van der Waals surface area contributed by atoms with E-state index in [9.17, 15) is 18.0 Å². The van der Waals surface area contributed by atoms with E-state index in [-0.39, 0.29) is 22.5 Å². The van der Waals surface area contributed by atoms with Gasteiger partial charge in [-0.05, 0) is 24.3 Å². The Bertz CT molecular complexity index is 1080. The van der Waals surface area contributed by atoms with Crippen LogP contribution in [-0.2, 0) is 11.0 Å². The zero-order valence-electron chi connectivity index (χ0n) is 15.9. The molecule has 1 fully saturated rings. The van der Waals surface area contributed by atoms with Crippen LogP contribution in [0.5, 0.6) is 0 Å². The first-order chi connectivity index (χ1) is 14.4. The molecular formula is C21H18ClF3N4O. The highest BCUT2D eigenvalue weighted by molar-refractivity contribution is 6.33. The van der Waals surface area contributed by atoms with E-state index in [1.54, 1.807) is 30.3 Å². The summed E-state index contributed by atoms with van der Waals surface area (Å²) in [6.45, 7) is 2.32. The second-order valence-corrected chi connectivity index (χ2v) is 7.41. The minimum Gasteiger partial charge on any atom is -0.353 e. The summed E-state index contributed by atoms with van der Waals surface area (Å²) in [5, 5.41) is 0.398. The normalized spacial score (nSPS) is 15.5. The first-order valence-corrected chi connectivity index (χ1v) is 9.80. The monoisotopic (exact) mass is 434 g/mol. The van der Waals surface area contributed by atoms with Gasteiger partial charge in [0.2, 0.25) is 0 Å². The van der Waals surface area contributed by atoms with E-state index in [1.165, 1.54) is 6.07 Å². The molecule has 9 heteroatoms. The van der Waals surface area contributed by atoms with Gasteiger partial charge in [0.15, 0.2) is 5.82 Å². The highest BCUT2D eigenvalue weighted by Gasteiger charge is 2.35. The maximum atomic E-state index is 13.8. The van der Waals surface area contributed by atoms with E-state index in [0.29, 0.717) is 43.3 Å². The molecule has 0 bridgehead atoms. The summed E-state index contributed by atoms with van der Waals surface area (Å²) >= 11 is 6.29. The van der Waals surface area contributed by atoms with Crippen molar-refractivity contribution in [3.05, 3.63) is 53.1 Å². The van der Waals surface area contributed by atoms with Crippen LogP contribution in [0.15, 0.2) is 42.5 Å². The van der Waals surface area contributed by atoms with Crippen molar-refractivity contribution in [2.75, 3.05) is 37.6 Å². The van der Waals surface area contributed by atoms with Crippen molar-refractivity contribution in [2.24, 2.45) is 0 Å². The maximum Gasteiger partial charge on any atom is 0.417 e. The van der Waals surface area contributed by atoms with E-state index in [0.717, 1.165) is 12.4 Å². The van der Waals surface area contributed by atoms with Crippen molar-refractivity contribution in [1.29, 1.82) is 0 Å². The Morgan fingerprint density at radius 2 is 1.73 bits per heavy atom. The summed E-state index contributed by atoms with van der Waals surface area (Å²) in [6.07, 6.45) is -3.71. The van der Waals surface area contributed by atoms with Gasteiger partial charge in [0.1, 0.15) is 12.1 Å². The van der Waals surface area contributed by atoms with Crippen LogP contribution in [0.25, 0.3) is 22.3 Å². The van der Waals surface area contributed by atoms with Gasteiger partial charge in [-0.2, -0.15) is 13.2 Å². The average molecular weight is 435 g/mol. The lowest BCUT2D eigenvalue weighted by Gasteiger charge is -2.35. The summed E-state index contributed by atoms with van der Waals surface area (Å²) in [5.74, 6) is 0.506. The van der Waals surface area contributed by atoms with Gasteiger partial charge in [-0.1, -0.05) is 29.8 Å². The second-order valence-electron chi connectivity index (χ2n) is 7.00. The Morgan fingerprint density at radius 3 is 2.40 bits per heavy atom. The predicted molar refractivity (Wildman–Crippen MR) is 110 cm³/mol. The lowest BCUT2D eigenvalue weighted by molar-refractivity contribution is -0.136. The number of rotatable bonds is 4. The van der Waals surface area contributed by atoms with Crippen LogP contribution in [-0.4, -0.2) is 53.9 Å². The van der Waals surface area contributed by atoms with Crippen LogP contribution >= 0.6 is 11.6 Å².